The number of hydrogen-bond acceptors (Lipinski definition) is 3. The predicted octanol–water partition coefficient (Wildman–Crippen LogP) is 4.53. The van der Waals surface area contributed by atoms with E-state index in [-0.39, 0.29) is 5.92 Å². The molecule has 0 saturated heterocycles. The molecule has 2 unspecified atom stereocenters. The van der Waals surface area contributed by atoms with Gasteiger partial charge in [-0.1, -0.05) is 47.0 Å². The number of nitrogens with zero attached hydrogens (tertiary/aromatic N) is 3. The number of hydrogen-bond donors (Lipinski definition) is 0. The lowest BCUT2D eigenvalue weighted by atomic mass is 9.81. The lowest BCUT2D eigenvalue weighted by Gasteiger charge is -2.36. The summed E-state index contributed by atoms with van der Waals surface area (Å²) in [5, 5.41) is 0. The van der Waals surface area contributed by atoms with Gasteiger partial charge in [0, 0.05) is 42.6 Å². The Morgan fingerprint density at radius 1 is 0.875 bits per heavy atom. The molecule has 0 fully saturated rings. The summed E-state index contributed by atoms with van der Waals surface area (Å²) in [5.41, 5.74) is 5.63. The lowest BCUT2D eigenvalue weighted by Crippen LogP contribution is -2.46. The molecule has 1 aromatic carbocycles. The molecule has 0 N–H and O–H groups in total. The summed E-state index contributed by atoms with van der Waals surface area (Å²) < 4.78 is 9.60. The molecule has 3 aromatic rings. The third-order valence-corrected chi connectivity index (χ3v) is 6.15. The first-order chi connectivity index (χ1) is 15.5. The molecule has 2 aromatic heterocycles. The number of carbonyl (C=O) groups is 1. The minimum absolute atomic E-state index is 0.0524. The second-order valence-electron chi connectivity index (χ2n) is 8.01. The number of carbonyl (C=O) groups excluding carboxylic acids is 1. The average Bonchev–Trinajstić information content (AvgIpc) is 2.83. The first-order valence-electron chi connectivity index (χ1n) is 10.8. The van der Waals surface area contributed by atoms with Gasteiger partial charge in [-0.3, -0.25) is 0 Å². The van der Waals surface area contributed by atoms with Gasteiger partial charge in [-0.2, -0.15) is 9.36 Å². The highest BCUT2D eigenvalue weighted by atomic mass is 16.6. The van der Waals surface area contributed by atoms with Crippen LogP contribution in [0.15, 0.2) is 108 Å². The molecule has 0 saturated carbocycles. The number of allylic oxidation sites excluding steroid dienone is 3. The van der Waals surface area contributed by atoms with Crippen LogP contribution in [0.1, 0.15) is 32.3 Å². The van der Waals surface area contributed by atoms with Gasteiger partial charge < -0.3 is 9.64 Å². The molecule has 5 heteroatoms. The van der Waals surface area contributed by atoms with E-state index in [9.17, 15) is 4.79 Å². The normalized spacial score (nSPS) is 17.4. The smallest absolute Gasteiger partial charge is 0.404 e. The van der Waals surface area contributed by atoms with E-state index in [0.717, 1.165) is 28.2 Å². The zero-order valence-corrected chi connectivity index (χ0v) is 19.0. The highest BCUT2D eigenvalue weighted by molar-refractivity contribution is 5.63. The molecule has 0 amide bonds. The van der Waals surface area contributed by atoms with Crippen LogP contribution in [-0.4, -0.2) is 24.1 Å². The van der Waals surface area contributed by atoms with Crippen molar-refractivity contribution in [3.8, 4) is 0 Å². The fourth-order valence-corrected chi connectivity index (χ4v) is 4.39. The van der Waals surface area contributed by atoms with Gasteiger partial charge in [0.05, 0.1) is 11.6 Å². The number of rotatable bonds is 4. The van der Waals surface area contributed by atoms with E-state index in [1.54, 1.807) is 12.4 Å². The standard InChI is InChI=1S/C27H29N3O2/c1-20-24(22(3)32-27(31)30-18-12-7-13-19-30)25(23-14-8-5-9-15-23)26(21(2)28(20)4)29-16-10-6-11-17-29/h5-19,22,25H,1-4H3/q+2. The van der Waals surface area contributed by atoms with Crippen molar-refractivity contribution in [2.75, 3.05) is 7.05 Å². The molecular formula is C27H29N3O2+2. The first-order valence-corrected chi connectivity index (χ1v) is 10.8. The largest absolute Gasteiger partial charge is 0.602 e. The van der Waals surface area contributed by atoms with Crippen LogP contribution < -0.4 is 9.13 Å². The van der Waals surface area contributed by atoms with Gasteiger partial charge in [0.1, 0.15) is 6.10 Å². The summed E-state index contributed by atoms with van der Waals surface area (Å²) >= 11 is 0. The maximum absolute atomic E-state index is 12.8. The quantitative estimate of drug-likeness (QED) is 0.574. The van der Waals surface area contributed by atoms with Gasteiger partial charge in [-0.15, -0.1) is 0 Å². The van der Waals surface area contributed by atoms with Gasteiger partial charge in [-0.25, -0.2) is 0 Å². The summed E-state index contributed by atoms with van der Waals surface area (Å²) in [6.07, 6.45) is 6.72. The average molecular weight is 428 g/mol. The van der Waals surface area contributed by atoms with E-state index in [4.69, 9.17) is 4.74 Å². The Labute approximate surface area is 189 Å². The summed E-state index contributed by atoms with van der Waals surface area (Å²) in [5.74, 6) is -0.0524. The summed E-state index contributed by atoms with van der Waals surface area (Å²) in [6.45, 7) is 6.20. The lowest BCUT2D eigenvalue weighted by molar-refractivity contribution is -0.587. The fraction of sp³-hybridized carbons (Fsp3) is 0.222. The van der Waals surface area contributed by atoms with Crippen molar-refractivity contribution in [2.45, 2.75) is 32.8 Å². The summed E-state index contributed by atoms with van der Waals surface area (Å²) in [6, 6.07) is 22.0. The zero-order valence-electron chi connectivity index (χ0n) is 19.0. The van der Waals surface area contributed by atoms with E-state index in [1.807, 2.05) is 49.4 Å². The second kappa shape index (κ2) is 9.18. The topological polar surface area (TPSA) is 37.3 Å². The van der Waals surface area contributed by atoms with Gasteiger partial charge in [-0.05, 0) is 26.3 Å². The van der Waals surface area contributed by atoms with Crippen LogP contribution in [0, 0.1) is 0 Å². The molecule has 32 heavy (non-hydrogen) atoms. The zero-order chi connectivity index (χ0) is 22.7. The molecule has 5 nitrogen and oxygen atoms in total. The molecule has 1 aliphatic heterocycles. The summed E-state index contributed by atoms with van der Waals surface area (Å²) in [4.78, 5) is 15.0. The molecule has 0 bridgehead atoms. The Hall–Kier alpha value is -3.73. The monoisotopic (exact) mass is 427 g/mol. The molecule has 0 aliphatic carbocycles. The fourth-order valence-electron chi connectivity index (χ4n) is 4.39. The molecular weight excluding hydrogens is 398 g/mol. The summed E-state index contributed by atoms with van der Waals surface area (Å²) in [7, 11) is 2.07. The molecule has 3 heterocycles. The highest BCUT2D eigenvalue weighted by Gasteiger charge is 2.41. The Balaban J connectivity index is 1.81. The van der Waals surface area contributed by atoms with Crippen LogP contribution in [-0.2, 0) is 4.74 Å². The van der Waals surface area contributed by atoms with Crippen LogP contribution in [0.3, 0.4) is 0 Å². The third kappa shape index (κ3) is 4.06. The molecule has 162 valence electrons. The molecule has 2 atom stereocenters. The van der Waals surface area contributed by atoms with Gasteiger partial charge in [0.2, 0.25) is 5.70 Å². The van der Waals surface area contributed by atoms with Gasteiger partial charge in [0.15, 0.2) is 24.8 Å². The van der Waals surface area contributed by atoms with E-state index >= 15 is 0 Å². The first kappa shape index (κ1) is 21.5. The Kier molecular flexibility index (Phi) is 6.17. The van der Waals surface area contributed by atoms with Crippen molar-refractivity contribution in [1.29, 1.82) is 0 Å². The van der Waals surface area contributed by atoms with Crippen molar-refractivity contribution in [2.24, 2.45) is 0 Å². The SMILES string of the molecule is CC1=C(C(C)OC(=O)[n+]2ccccc2)C(c2ccccc2)C([n+]2ccccc2)=C(C)N1C. The van der Waals surface area contributed by atoms with E-state index in [1.165, 1.54) is 4.57 Å². The molecule has 1 aliphatic rings. The number of pyridine rings is 2. The van der Waals surface area contributed by atoms with Crippen molar-refractivity contribution < 1.29 is 18.7 Å². The molecule has 4 rings (SSSR count). The van der Waals surface area contributed by atoms with Crippen LogP contribution in [0.4, 0.5) is 4.79 Å². The van der Waals surface area contributed by atoms with Crippen molar-refractivity contribution in [3.63, 3.8) is 0 Å². The number of ether oxygens (including phenoxy) is 1. The van der Waals surface area contributed by atoms with Crippen molar-refractivity contribution in [3.05, 3.63) is 114 Å². The Morgan fingerprint density at radius 3 is 2.06 bits per heavy atom. The maximum atomic E-state index is 12.8. The highest BCUT2D eigenvalue weighted by Crippen LogP contribution is 2.43. The predicted molar refractivity (Wildman–Crippen MR) is 123 cm³/mol. The second-order valence-corrected chi connectivity index (χ2v) is 8.01. The number of benzene rings is 1. The van der Waals surface area contributed by atoms with Crippen LogP contribution in [0.5, 0.6) is 0 Å². The van der Waals surface area contributed by atoms with Crippen molar-refractivity contribution in [1.82, 2.24) is 4.90 Å². The Morgan fingerprint density at radius 2 is 1.44 bits per heavy atom. The van der Waals surface area contributed by atoms with E-state index in [2.05, 4.69) is 67.0 Å². The van der Waals surface area contributed by atoms with Crippen LogP contribution in [0.25, 0.3) is 5.70 Å². The maximum Gasteiger partial charge on any atom is 0.602 e. The van der Waals surface area contributed by atoms with E-state index < -0.39 is 12.2 Å². The van der Waals surface area contributed by atoms with Crippen LogP contribution >= 0.6 is 0 Å². The third-order valence-electron chi connectivity index (χ3n) is 6.15. The van der Waals surface area contributed by atoms with Crippen LogP contribution in [0.2, 0.25) is 0 Å². The minimum Gasteiger partial charge on any atom is -0.404 e. The van der Waals surface area contributed by atoms with Gasteiger partial charge in [0.25, 0.3) is 0 Å². The number of aromatic nitrogens is 2. The van der Waals surface area contributed by atoms with E-state index in [0.29, 0.717) is 0 Å². The molecule has 0 radical (unpaired) electrons. The van der Waals surface area contributed by atoms with Gasteiger partial charge >= 0.3 is 6.09 Å². The Bertz CT molecular complexity index is 1160. The minimum atomic E-state index is -0.421. The van der Waals surface area contributed by atoms with Crippen molar-refractivity contribution >= 4 is 11.8 Å². The molecule has 0 spiro atoms.